The smallest absolute Gasteiger partial charge is 0.484 e. The van der Waals surface area contributed by atoms with Crippen molar-refractivity contribution in [3.63, 3.8) is 0 Å². The molecule has 0 heterocycles. The maximum Gasteiger partial charge on any atom is 0.513 e. The SMILES string of the molecule is COC(=O)Oc1cc(OC(C)(C)C)c(OC(=O)OC)c2ccccc12. The molecule has 0 saturated heterocycles. The number of ether oxygens (including phenoxy) is 5. The van der Waals surface area contributed by atoms with E-state index in [9.17, 15) is 9.59 Å². The van der Waals surface area contributed by atoms with E-state index in [1.807, 2.05) is 20.8 Å². The lowest BCUT2D eigenvalue weighted by atomic mass is 10.1. The summed E-state index contributed by atoms with van der Waals surface area (Å²) in [6.45, 7) is 5.51. The van der Waals surface area contributed by atoms with Gasteiger partial charge in [0.1, 0.15) is 11.4 Å². The largest absolute Gasteiger partial charge is 0.513 e. The van der Waals surface area contributed by atoms with Crippen molar-refractivity contribution >= 4 is 23.1 Å². The molecular weight excluding hydrogens is 328 g/mol. The van der Waals surface area contributed by atoms with E-state index < -0.39 is 17.9 Å². The molecule has 0 N–H and O–H groups in total. The minimum absolute atomic E-state index is 0.176. The van der Waals surface area contributed by atoms with Crippen LogP contribution in [0.15, 0.2) is 30.3 Å². The average Bonchev–Trinajstić information content (AvgIpc) is 2.56. The van der Waals surface area contributed by atoms with Crippen LogP contribution < -0.4 is 14.2 Å². The van der Waals surface area contributed by atoms with E-state index in [2.05, 4.69) is 9.47 Å². The predicted octanol–water partition coefficient (Wildman–Crippen LogP) is 4.31. The molecule has 0 aliphatic rings. The monoisotopic (exact) mass is 348 g/mol. The van der Waals surface area contributed by atoms with Gasteiger partial charge in [-0.1, -0.05) is 24.3 Å². The Morgan fingerprint density at radius 3 is 1.96 bits per heavy atom. The third-order valence-electron chi connectivity index (χ3n) is 3.05. The first kappa shape index (κ1) is 18.4. The van der Waals surface area contributed by atoms with Crippen LogP contribution in [0.4, 0.5) is 9.59 Å². The van der Waals surface area contributed by atoms with E-state index in [-0.39, 0.29) is 17.2 Å². The number of benzene rings is 2. The summed E-state index contributed by atoms with van der Waals surface area (Å²) >= 11 is 0. The minimum Gasteiger partial charge on any atom is -0.484 e. The van der Waals surface area contributed by atoms with Crippen molar-refractivity contribution < 1.29 is 33.3 Å². The van der Waals surface area contributed by atoms with Crippen LogP contribution in [0.3, 0.4) is 0 Å². The van der Waals surface area contributed by atoms with E-state index >= 15 is 0 Å². The van der Waals surface area contributed by atoms with Crippen molar-refractivity contribution in [2.45, 2.75) is 26.4 Å². The zero-order valence-electron chi connectivity index (χ0n) is 14.7. The van der Waals surface area contributed by atoms with Crippen molar-refractivity contribution in [1.82, 2.24) is 0 Å². The van der Waals surface area contributed by atoms with Gasteiger partial charge < -0.3 is 23.7 Å². The summed E-state index contributed by atoms with van der Waals surface area (Å²) in [5.74, 6) is 0.629. The van der Waals surface area contributed by atoms with Gasteiger partial charge in [0.25, 0.3) is 0 Å². The van der Waals surface area contributed by atoms with Crippen LogP contribution >= 0.6 is 0 Å². The van der Waals surface area contributed by atoms with Crippen molar-refractivity contribution in [2.75, 3.05) is 14.2 Å². The average molecular weight is 348 g/mol. The Hall–Kier alpha value is -2.96. The van der Waals surface area contributed by atoms with Gasteiger partial charge in [-0.15, -0.1) is 0 Å². The molecule has 0 aliphatic carbocycles. The predicted molar refractivity (Wildman–Crippen MR) is 90.4 cm³/mol. The fourth-order valence-corrected chi connectivity index (χ4v) is 2.14. The van der Waals surface area contributed by atoms with Crippen LogP contribution in [0.5, 0.6) is 17.2 Å². The van der Waals surface area contributed by atoms with Crippen molar-refractivity contribution in [3.8, 4) is 17.2 Å². The highest BCUT2D eigenvalue weighted by Gasteiger charge is 2.23. The molecule has 0 radical (unpaired) electrons. The molecule has 2 aromatic carbocycles. The zero-order chi connectivity index (χ0) is 18.6. The molecule has 0 aliphatic heterocycles. The van der Waals surface area contributed by atoms with Crippen molar-refractivity contribution in [2.24, 2.45) is 0 Å². The van der Waals surface area contributed by atoms with E-state index in [1.54, 1.807) is 24.3 Å². The fourth-order valence-electron chi connectivity index (χ4n) is 2.14. The Labute approximate surface area is 145 Å². The zero-order valence-corrected chi connectivity index (χ0v) is 14.7. The highest BCUT2D eigenvalue weighted by molar-refractivity contribution is 5.97. The molecule has 0 spiro atoms. The molecule has 0 fully saturated rings. The number of carbonyl (C=O) groups excluding carboxylic acids is 2. The molecule has 134 valence electrons. The van der Waals surface area contributed by atoms with Crippen LogP contribution in [-0.2, 0) is 9.47 Å². The molecule has 0 aromatic heterocycles. The Balaban J connectivity index is 2.68. The number of hydrogen-bond acceptors (Lipinski definition) is 7. The Morgan fingerprint density at radius 1 is 0.840 bits per heavy atom. The number of methoxy groups -OCH3 is 2. The van der Waals surface area contributed by atoms with E-state index in [0.717, 1.165) is 0 Å². The normalized spacial score (nSPS) is 10.9. The summed E-state index contributed by atoms with van der Waals surface area (Å²) in [7, 11) is 2.43. The maximum atomic E-state index is 11.6. The lowest BCUT2D eigenvalue weighted by Gasteiger charge is -2.24. The fraction of sp³-hybridized carbons (Fsp3) is 0.333. The molecule has 7 heteroatoms. The van der Waals surface area contributed by atoms with Gasteiger partial charge in [-0.2, -0.15) is 0 Å². The van der Waals surface area contributed by atoms with Gasteiger partial charge in [0.15, 0.2) is 11.5 Å². The van der Waals surface area contributed by atoms with Gasteiger partial charge in [0, 0.05) is 16.8 Å². The number of fused-ring (bicyclic) bond motifs is 1. The van der Waals surface area contributed by atoms with Gasteiger partial charge in [0.05, 0.1) is 14.2 Å². The van der Waals surface area contributed by atoms with Crippen LogP contribution in [0.1, 0.15) is 20.8 Å². The summed E-state index contributed by atoms with van der Waals surface area (Å²) < 4.78 is 25.5. The Kier molecular flexibility index (Phi) is 5.36. The van der Waals surface area contributed by atoms with Gasteiger partial charge in [-0.25, -0.2) is 9.59 Å². The molecule has 0 atom stereocenters. The lowest BCUT2D eigenvalue weighted by molar-refractivity contribution is 0.106. The number of hydrogen-bond donors (Lipinski definition) is 0. The first-order valence-corrected chi connectivity index (χ1v) is 7.51. The topological polar surface area (TPSA) is 80.3 Å². The van der Waals surface area contributed by atoms with Crippen LogP contribution in [0, 0.1) is 0 Å². The summed E-state index contributed by atoms with van der Waals surface area (Å²) in [5, 5.41) is 1.07. The van der Waals surface area contributed by atoms with Crippen LogP contribution in [-0.4, -0.2) is 32.1 Å². The third kappa shape index (κ3) is 4.53. The second kappa shape index (κ2) is 7.29. The van der Waals surface area contributed by atoms with E-state index in [1.165, 1.54) is 20.3 Å². The van der Waals surface area contributed by atoms with Crippen LogP contribution in [0.2, 0.25) is 0 Å². The standard InChI is InChI=1S/C18H20O7/c1-18(2,3)25-14-10-13(23-16(19)21-4)11-8-6-7-9-12(11)15(14)24-17(20)22-5/h6-10H,1-5H3. The van der Waals surface area contributed by atoms with E-state index in [4.69, 9.17) is 14.2 Å². The summed E-state index contributed by atoms with van der Waals surface area (Å²) in [5.41, 5.74) is -0.584. The van der Waals surface area contributed by atoms with Gasteiger partial charge in [-0.05, 0) is 20.8 Å². The lowest BCUT2D eigenvalue weighted by Crippen LogP contribution is -2.24. The Bertz CT molecular complexity index is 790. The molecule has 25 heavy (non-hydrogen) atoms. The number of rotatable bonds is 3. The quantitative estimate of drug-likeness (QED) is 0.604. The molecule has 2 aromatic rings. The second-order valence-electron chi connectivity index (χ2n) is 6.07. The highest BCUT2D eigenvalue weighted by Crippen LogP contribution is 2.43. The molecule has 0 saturated carbocycles. The first-order chi connectivity index (χ1) is 11.7. The van der Waals surface area contributed by atoms with Crippen molar-refractivity contribution in [1.29, 1.82) is 0 Å². The third-order valence-corrected chi connectivity index (χ3v) is 3.05. The second-order valence-corrected chi connectivity index (χ2v) is 6.07. The Morgan fingerprint density at radius 2 is 1.40 bits per heavy atom. The summed E-state index contributed by atoms with van der Waals surface area (Å²) in [6, 6.07) is 8.43. The molecule has 0 unspecified atom stereocenters. The first-order valence-electron chi connectivity index (χ1n) is 7.51. The minimum atomic E-state index is -0.884. The van der Waals surface area contributed by atoms with Gasteiger partial charge in [-0.3, -0.25) is 0 Å². The van der Waals surface area contributed by atoms with Crippen molar-refractivity contribution in [3.05, 3.63) is 30.3 Å². The summed E-state index contributed by atoms with van der Waals surface area (Å²) in [4.78, 5) is 23.2. The molecule has 0 bridgehead atoms. The number of carbonyl (C=O) groups is 2. The molecule has 7 nitrogen and oxygen atoms in total. The molecular formula is C18H20O7. The maximum absolute atomic E-state index is 11.6. The summed E-state index contributed by atoms with van der Waals surface area (Å²) in [6.07, 6.45) is -1.75. The van der Waals surface area contributed by atoms with Gasteiger partial charge in [0.2, 0.25) is 0 Å². The molecule has 2 rings (SSSR count). The van der Waals surface area contributed by atoms with Crippen LogP contribution in [0.25, 0.3) is 10.8 Å². The van der Waals surface area contributed by atoms with Gasteiger partial charge >= 0.3 is 12.3 Å². The molecule has 0 amide bonds. The highest BCUT2D eigenvalue weighted by atomic mass is 16.7. The van der Waals surface area contributed by atoms with E-state index in [0.29, 0.717) is 10.8 Å².